The first-order valence-corrected chi connectivity index (χ1v) is 10.2. The lowest BCUT2D eigenvalue weighted by Crippen LogP contribution is -2.40. The topological polar surface area (TPSA) is 84.9 Å². The number of rotatable bonds is 6. The standard InChI is InChI=1S/C19H21FN2O5S/c1-14(27-18-5-3-2-4-17(18)20)19(23)21-15-6-8-16(9-7-15)28(24,25)22-10-12-26-13-11-22/h2-9,14H,10-13H2,1H3,(H,21,23)/t14-/m0/s1. The van der Waals surface area contributed by atoms with E-state index < -0.39 is 27.9 Å². The molecule has 1 saturated heterocycles. The maximum atomic E-state index is 13.6. The molecule has 28 heavy (non-hydrogen) atoms. The summed E-state index contributed by atoms with van der Waals surface area (Å²) in [6.45, 7) is 2.86. The van der Waals surface area contributed by atoms with E-state index in [2.05, 4.69) is 5.32 Å². The number of ether oxygens (including phenoxy) is 2. The highest BCUT2D eigenvalue weighted by atomic mass is 32.2. The molecule has 0 spiro atoms. The van der Waals surface area contributed by atoms with Gasteiger partial charge in [0.15, 0.2) is 17.7 Å². The van der Waals surface area contributed by atoms with Gasteiger partial charge in [-0.25, -0.2) is 12.8 Å². The van der Waals surface area contributed by atoms with Gasteiger partial charge in [0.2, 0.25) is 10.0 Å². The van der Waals surface area contributed by atoms with Gasteiger partial charge in [-0.1, -0.05) is 12.1 Å². The number of carbonyl (C=O) groups is 1. The normalized spacial score (nSPS) is 16.4. The number of halogens is 1. The Morgan fingerprint density at radius 2 is 1.79 bits per heavy atom. The number of anilines is 1. The number of hydrogen-bond acceptors (Lipinski definition) is 5. The Morgan fingerprint density at radius 1 is 1.14 bits per heavy atom. The average molecular weight is 408 g/mol. The minimum absolute atomic E-state index is 0.0166. The summed E-state index contributed by atoms with van der Waals surface area (Å²) < 4.78 is 50.7. The lowest BCUT2D eigenvalue weighted by Gasteiger charge is -2.26. The van der Waals surface area contributed by atoms with E-state index in [0.29, 0.717) is 32.0 Å². The minimum atomic E-state index is -3.59. The van der Waals surface area contributed by atoms with Crippen molar-refractivity contribution in [3.05, 3.63) is 54.3 Å². The Kier molecular flexibility index (Phi) is 6.28. The third kappa shape index (κ3) is 4.67. The van der Waals surface area contributed by atoms with E-state index in [-0.39, 0.29) is 10.6 Å². The Morgan fingerprint density at radius 3 is 2.43 bits per heavy atom. The first-order chi connectivity index (χ1) is 13.4. The Hall–Kier alpha value is -2.49. The molecular formula is C19H21FN2O5S. The molecule has 150 valence electrons. The summed E-state index contributed by atoms with van der Waals surface area (Å²) in [6.07, 6.45) is -0.936. The molecule has 0 radical (unpaired) electrons. The van der Waals surface area contributed by atoms with Crippen molar-refractivity contribution in [2.24, 2.45) is 0 Å². The van der Waals surface area contributed by atoms with Crippen molar-refractivity contribution >= 4 is 21.6 Å². The number of amides is 1. The molecule has 0 aromatic heterocycles. The second-order valence-electron chi connectivity index (χ2n) is 6.22. The molecule has 0 saturated carbocycles. The Balaban J connectivity index is 1.63. The second-order valence-corrected chi connectivity index (χ2v) is 8.16. The van der Waals surface area contributed by atoms with Crippen LogP contribution >= 0.6 is 0 Å². The van der Waals surface area contributed by atoms with Crippen molar-refractivity contribution in [2.75, 3.05) is 31.6 Å². The third-order valence-corrected chi connectivity index (χ3v) is 6.15. The molecule has 1 aliphatic heterocycles. The van der Waals surface area contributed by atoms with Gasteiger partial charge in [-0.3, -0.25) is 4.79 Å². The van der Waals surface area contributed by atoms with Crippen LogP contribution in [0, 0.1) is 5.82 Å². The van der Waals surface area contributed by atoms with Crippen LogP contribution < -0.4 is 10.1 Å². The largest absolute Gasteiger partial charge is 0.478 e. The summed E-state index contributed by atoms with van der Waals surface area (Å²) >= 11 is 0. The summed E-state index contributed by atoms with van der Waals surface area (Å²) in [5.74, 6) is -1.05. The molecule has 1 amide bonds. The van der Waals surface area contributed by atoms with Gasteiger partial charge in [-0.05, 0) is 43.3 Å². The first-order valence-electron chi connectivity index (χ1n) is 8.78. The minimum Gasteiger partial charge on any atom is -0.478 e. The number of sulfonamides is 1. The van der Waals surface area contributed by atoms with Gasteiger partial charge in [0.1, 0.15) is 0 Å². The van der Waals surface area contributed by atoms with E-state index in [9.17, 15) is 17.6 Å². The van der Waals surface area contributed by atoms with Crippen molar-refractivity contribution in [1.29, 1.82) is 0 Å². The van der Waals surface area contributed by atoms with Crippen LogP contribution in [0.5, 0.6) is 5.75 Å². The van der Waals surface area contributed by atoms with Gasteiger partial charge in [-0.2, -0.15) is 4.31 Å². The summed E-state index contributed by atoms with van der Waals surface area (Å²) in [7, 11) is -3.59. The van der Waals surface area contributed by atoms with Gasteiger partial charge in [0.05, 0.1) is 18.1 Å². The molecule has 0 bridgehead atoms. The van der Waals surface area contributed by atoms with Crippen molar-refractivity contribution in [1.82, 2.24) is 4.31 Å². The smallest absolute Gasteiger partial charge is 0.265 e. The maximum absolute atomic E-state index is 13.6. The van der Waals surface area contributed by atoms with Crippen LogP contribution in [0.25, 0.3) is 0 Å². The zero-order valence-corrected chi connectivity index (χ0v) is 16.1. The fourth-order valence-electron chi connectivity index (χ4n) is 2.67. The fraction of sp³-hybridized carbons (Fsp3) is 0.316. The second kappa shape index (κ2) is 8.68. The van der Waals surface area contributed by atoms with Crippen LogP contribution in [-0.4, -0.2) is 51.0 Å². The fourth-order valence-corrected chi connectivity index (χ4v) is 4.08. The van der Waals surface area contributed by atoms with Crippen molar-refractivity contribution < 1.29 is 27.1 Å². The van der Waals surface area contributed by atoms with E-state index in [1.807, 2.05) is 0 Å². The van der Waals surface area contributed by atoms with Crippen LogP contribution in [0.15, 0.2) is 53.4 Å². The number of hydrogen-bond donors (Lipinski definition) is 1. The maximum Gasteiger partial charge on any atom is 0.265 e. The summed E-state index contributed by atoms with van der Waals surface area (Å²) in [6, 6.07) is 11.7. The van der Waals surface area contributed by atoms with Crippen LogP contribution in [0.3, 0.4) is 0 Å². The quantitative estimate of drug-likeness (QED) is 0.793. The van der Waals surface area contributed by atoms with Crippen LogP contribution in [0.2, 0.25) is 0 Å². The molecule has 3 rings (SSSR count). The Bertz CT molecular complexity index is 928. The van der Waals surface area contributed by atoms with Gasteiger partial charge in [-0.15, -0.1) is 0 Å². The summed E-state index contributed by atoms with van der Waals surface area (Å²) in [5.41, 5.74) is 0.412. The molecule has 2 aromatic carbocycles. The molecule has 1 atom stereocenters. The molecule has 0 unspecified atom stereocenters. The van der Waals surface area contributed by atoms with Crippen LogP contribution in [0.1, 0.15) is 6.92 Å². The van der Waals surface area contributed by atoms with Gasteiger partial charge in [0.25, 0.3) is 5.91 Å². The first kappa shape index (κ1) is 20.2. The summed E-state index contributed by atoms with van der Waals surface area (Å²) in [5, 5.41) is 2.62. The zero-order valence-electron chi connectivity index (χ0n) is 15.3. The van der Waals surface area contributed by atoms with Gasteiger partial charge >= 0.3 is 0 Å². The Labute approximate surface area is 163 Å². The van der Waals surface area contributed by atoms with E-state index in [4.69, 9.17) is 9.47 Å². The average Bonchev–Trinajstić information content (AvgIpc) is 2.70. The van der Waals surface area contributed by atoms with E-state index >= 15 is 0 Å². The highest BCUT2D eigenvalue weighted by Crippen LogP contribution is 2.20. The number of carbonyl (C=O) groups excluding carboxylic acids is 1. The number of nitrogens with one attached hydrogen (secondary N) is 1. The lowest BCUT2D eigenvalue weighted by atomic mass is 10.3. The van der Waals surface area contributed by atoms with Gasteiger partial charge < -0.3 is 14.8 Å². The third-order valence-electron chi connectivity index (χ3n) is 4.24. The number of nitrogens with zero attached hydrogens (tertiary/aromatic N) is 1. The summed E-state index contributed by atoms with van der Waals surface area (Å²) in [4.78, 5) is 12.4. The predicted octanol–water partition coefficient (Wildman–Crippen LogP) is 2.25. The number of morpholine rings is 1. The van der Waals surface area contributed by atoms with E-state index in [1.54, 1.807) is 6.07 Å². The highest BCUT2D eigenvalue weighted by molar-refractivity contribution is 7.89. The molecule has 7 nitrogen and oxygen atoms in total. The lowest BCUT2D eigenvalue weighted by molar-refractivity contribution is -0.122. The predicted molar refractivity (Wildman–Crippen MR) is 101 cm³/mol. The van der Waals surface area contributed by atoms with E-state index in [0.717, 1.165) is 0 Å². The molecular weight excluding hydrogens is 387 g/mol. The molecule has 2 aromatic rings. The van der Waals surface area contributed by atoms with Crippen LogP contribution in [-0.2, 0) is 19.6 Å². The molecule has 1 fully saturated rings. The van der Waals surface area contributed by atoms with Crippen molar-refractivity contribution in [3.63, 3.8) is 0 Å². The van der Waals surface area contributed by atoms with Crippen LogP contribution in [0.4, 0.5) is 10.1 Å². The van der Waals surface area contributed by atoms with Crippen molar-refractivity contribution in [3.8, 4) is 5.75 Å². The molecule has 9 heteroatoms. The highest BCUT2D eigenvalue weighted by Gasteiger charge is 2.26. The SMILES string of the molecule is C[C@H](Oc1ccccc1F)C(=O)Nc1ccc(S(=O)(=O)N2CCOCC2)cc1. The number of benzene rings is 2. The molecule has 1 N–H and O–H groups in total. The monoisotopic (exact) mass is 408 g/mol. The van der Waals surface area contributed by atoms with Gasteiger partial charge in [0, 0.05) is 18.8 Å². The molecule has 0 aliphatic carbocycles. The molecule has 1 aliphatic rings. The number of para-hydroxylation sites is 1. The van der Waals surface area contributed by atoms with Crippen molar-refractivity contribution in [2.45, 2.75) is 17.9 Å². The molecule has 1 heterocycles. The van der Waals surface area contributed by atoms with E-state index in [1.165, 1.54) is 53.7 Å². The zero-order chi connectivity index (χ0) is 20.1.